The first kappa shape index (κ1) is 23.0. The maximum absolute atomic E-state index is 13.4. The second-order valence-electron chi connectivity index (χ2n) is 7.94. The first-order valence-electron chi connectivity index (χ1n) is 10.1. The van der Waals surface area contributed by atoms with Crippen LogP contribution in [0.3, 0.4) is 0 Å². The third-order valence-corrected chi connectivity index (χ3v) is 5.96. The lowest BCUT2D eigenvalue weighted by Gasteiger charge is -2.04. The molecule has 0 spiro atoms. The summed E-state index contributed by atoms with van der Waals surface area (Å²) < 4.78 is 31.5. The average Bonchev–Trinajstić information content (AvgIpc) is 3.59. The standard InChI is InChI=1S/C12H14ClNO2.C11H11F2NO/c1-2-16-12(15)10-6-9(10)8-4-3-7(14)5-11(8)13;1-5(15)6-2-7(6)8-3-10(13)11(14)4-9(8)12/h3-5,9-10H,2,6,14H2,1H3;3-4,6-7H,2,14H2,1H3. The van der Waals surface area contributed by atoms with Crippen LogP contribution in [0.4, 0.5) is 20.2 Å². The molecule has 0 aliphatic heterocycles. The summed E-state index contributed by atoms with van der Waals surface area (Å²) >= 11 is 6.08. The molecule has 31 heavy (non-hydrogen) atoms. The molecule has 2 aliphatic carbocycles. The Bertz CT molecular complexity index is 1010. The van der Waals surface area contributed by atoms with Crippen LogP contribution in [0, 0.1) is 23.5 Å². The van der Waals surface area contributed by atoms with Crippen molar-refractivity contribution >= 4 is 34.7 Å². The molecule has 4 unspecified atom stereocenters. The number of carbonyl (C=O) groups excluding carboxylic acids is 2. The number of carbonyl (C=O) groups is 2. The van der Waals surface area contributed by atoms with Crippen molar-refractivity contribution in [3.8, 4) is 0 Å². The summed E-state index contributed by atoms with van der Waals surface area (Å²) in [6.07, 6.45) is 1.43. The van der Waals surface area contributed by atoms with Gasteiger partial charge in [0.1, 0.15) is 17.4 Å². The molecule has 0 aromatic heterocycles. The highest BCUT2D eigenvalue weighted by Gasteiger charge is 2.46. The lowest BCUT2D eigenvalue weighted by atomic mass is 10.1. The van der Waals surface area contributed by atoms with E-state index >= 15 is 0 Å². The summed E-state index contributed by atoms with van der Waals surface area (Å²) in [5.74, 6) is -1.39. The minimum atomic E-state index is -0.624. The number of esters is 1. The Morgan fingerprint density at radius 3 is 2.26 bits per heavy atom. The van der Waals surface area contributed by atoms with Gasteiger partial charge in [-0.2, -0.15) is 0 Å². The van der Waals surface area contributed by atoms with Crippen molar-refractivity contribution in [3.63, 3.8) is 0 Å². The number of benzene rings is 2. The molecule has 166 valence electrons. The van der Waals surface area contributed by atoms with Crippen LogP contribution in [0.15, 0.2) is 30.3 Å². The van der Waals surface area contributed by atoms with Crippen molar-refractivity contribution in [2.75, 3.05) is 18.1 Å². The van der Waals surface area contributed by atoms with Crippen molar-refractivity contribution in [1.29, 1.82) is 0 Å². The van der Waals surface area contributed by atoms with Crippen LogP contribution in [0.5, 0.6) is 0 Å². The minimum Gasteiger partial charge on any atom is -0.466 e. The molecule has 0 heterocycles. The van der Waals surface area contributed by atoms with Gasteiger partial charge >= 0.3 is 5.97 Å². The van der Waals surface area contributed by atoms with E-state index in [0.717, 1.165) is 24.1 Å². The van der Waals surface area contributed by atoms with Gasteiger partial charge in [-0.15, -0.1) is 0 Å². The van der Waals surface area contributed by atoms with E-state index in [-0.39, 0.29) is 46.7 Å². The molecular formula is C23H25ClF2N2O3. The fourth-order valence-electron chi connectivity index (χ4n) is 3.74. The Morgan fingerprint density at radius 1 is 1.03 bits per heavy atom. The third-order valence-electron chi connectivity index (χ3n) is 5.63. The van der Waals surface area contributed by atoms with Gasteiger partial charge in [0.15, 0.2) is 0 Å². The van der Waals surface area contributed by atoms with Gasteiger partial charge in [0, 0.05) is 22.7 Å². The van der Waals surface area contributed by atoms with Gasteiger partial charge in [-0.1, -0.05) is 17.7 Å². The van der Waals surface area contributed by atoms with Crippen LogP contribution in [-0.2, 0) is 14.3 Å². The lowest BCUT2D eigenvalue weighted by Crippen LogP contribution is -2.07. The fraction of sp³-hybridized carbons (Fsp3) is 0.391. The zero-order valence-corrected chi connectivity index (χ0v) is 18.1. The number of nitrogen functional groups attached to an aromatic ring is 2. The summed E-state index contributed by atoms with van der Waals surface area (Å²) in [7, 11) is 0. The van der Waals surface area contributed by atoms with E-state index < -0.39 is 11.6 Å². The molecule has 2 fully saturated rings. The third kappa shape index (κ3) is 5.34. The van der Waals surface area contributed by atoms with Crippen molar-refractivity contribution in [2.45, 2.75) is 38.5 Å². The molecule has 0 radical (unpaired) electrons. The highest BCUT2D eigenvalue weighted by molar-refractivity contribution is 6.31. The first-order valence-corrected chi connectivity index (χ1v) is 10.5. The van der Waals surface area contributed by atoms with E-state index in [1.165, 1.54) is 6.92 Å². The zero-order chi connectivity index (χ0) is 22.9. The topological polar surface area (TPSA) is 95.4 Å². The maximum atomic E-state index is 13.4. The van der Waals surface area contributed by atoms with Gasteiger partial charge in [0.25, 0.3) is 0 Å². The van der Waals surface area contributed by atoms with Crippen LogP contribution >= 0.6 is 11.6 Å². The van der Waals surface area contributed by atoms with Crippen LogP contribution in [0.1, 0.15) is 49.7 Å². The smallest absolute Gasteiger partial charge is 0.309 e. The number of ether oxygens (including phenoxy) is 1. The molecule has 2 aromatic carbocycles. The van der Waals surface area contributed by atoms with Crippen molar-refractivity contribution < 1.29 is 23.1 Å². The summed E-state index contributed by atoms with van der Waals surface area (Å²) in [5.41, 5.74) is 12.5. The van der Waals surface area contributed by atoms with Crippen molar-refractivity contribution in [1.82, 2.24) is 0 Å². The highest BCUT2D eigenvalue weighted by atomic mass is 35.5. The Hall–Kier alpha value is -2.67. The van der Waals surface area contributed by atoms with Crippen LogP contribution < -0.4 is 11.5 Å². The van der Waals surface area contributed by atoms with Crippen molar-refractivity contribution in [2.24, 2.45) is 11.8 Å². The number of halogens is 3. The van der Waals surface area contributed by atoms with E-state index in [4.69, 9.17) is 27.8 Å². The summed E-state index contributed by atoms with van der Waals surface area (Å²) in [6.45, 7) is 3.71. The molecule has 2 aromatic rings. The summed E-state index contributed by atoms with van der Waals surface area (Å²) in [4.78, 5) is 22.5. The van der Waals surface area contributed by atoms with Gasteiger partial charge in [-0.05, 0) is 67.9 Å². The number of ketones is 1. The number of hydrogen-bond acceptors (Lipinski definition) is 5. The second kappa shape index (κ2) is 9.22. The van der Waals surface area contributed by atoms with E-state index in [1.54, 1.807) is 6.07 Å². The Balaban J connectivity index is 0.000000176. The molecule has 4 N–H and O–H groups in total. The van der Waals surface area contributed by atoms with Crippen molar-refractivity contribution in [3.05, 3.63) is 58.1 Å². The largest absolute Gasteiger partial charge is 0.466 e. The van der Waals surface area contributed by atoms with E-state index in [0.29, 0.717) is 23.7 Å². The lowest BCUT2D eigenvalue weighted by molar-refractivity contribution is -0.144. The SMILES string of the molecule is CC(=O)C1CC1c1cc(F)c(N)cc1F.CCOC(=O)C1CC1c1ccc(N)cc1Cl. The molecule has 2 saturated carbocycles. The van der Waals surface area contributed by atoms with Gasteiger partial charge in [0.2, 0.25) is 0 Å². The fourth-order valence-corrected chi connectivity index (χ4v) is 4.07. The highest BCUT2D eigenvalue weighted by Crippen LogP contribution is 2.50. The molecule has 0 amide bonds. The number of hydrogen-bond donors (Lipinski definition) is 2. The van der Waals surface area contributed by atoms with E-state index in [2.05, 4.69) is 0 Å². The molecule has 4 atom stereocenters. The summed E-state index contributed by atoms with van der Waals surface area (Å²) in [5, 5.41) is 0.636. The second-order valence-corrected chi connectivity index (χ2v) is 8.34. The molecule has 8 heteroatoms. The van der Waals surface area contributed by atoms with Gasteiger partial charge in [0.05, 0.1) is 18.2 Å². The summed E-state index contributed by atoms with van der Waals surface area (Å²) in [6, 6.07) is 7.49. The quantitative estimate of drug-likeness (QED) is 0.502. The normalized spacial score (nSPS) is 23.4. The van der Waals surface area contributed by atoms with Crippen LogP contribution in [0.25, 0.3) is 0 Å². The maximum Gasteiger partial charge on any atom is 0.309 e. The molecular weight excluding hydrogens is 426 g/mol. The van der Waals surface area contributed by atoms with Gasteiger partial charge in [-0.3, -0.25) is 9.59 Å². The monoisotopic (exact) mass is 450 g/mol. The Labute approximate surface area is 184 Å². The van der Waals surface area contributed by atoms with Crippen LogP contribution in [0.2, 0.25) is 5.02 Å². The molecule has 0 saturated heterocycles. The number of Topliss-reactive ketones (excluding diaryl/α,β-unsaturated/α-hetero) is 1. The molecule has 5 nitrogen and oxygen atoms in total. The predicted octanol–water partition coefficient (Wildman–Crippen LogP) is 4.83. The first-order chi connectivity index (χ1) is 14.6. The molecule has 0 bridgehead atoms. The zero-order valence-electron chi connectivity index (χ0n) is 17.3. The number of nitrogens with two attached hydrogens (primary N) is 2. The van der Waals surface area contributed by atoms with E-state index in [1.807, 2.05) is 19.1 Å². The van der Waals surface area contributed by atoms with Gasteiger partial charge in [-0.25, -0.2) is 8.78 Å². The minimum absolute atomic E-state index is 0.0247. The predicted molar refractivity (Wildman–Crippen MR) is 116 cm³/mol. The van der Waals surface area contributed by atoms with E-state index in [9.17, 15) is 18.4 Å². The number of rotatable bonds is 5. The molecule has 2 aliphatic rings. The Morgan fingerprint density at radius 2 is 1.68 bits per heavy atom. The number of anilines is 2. The van der Waals surface area contributed by atoms with Gasteiger partial charge < -0.3 is 16.2 Å². The molecule has 4 rings (SSSR count). The van der Waals surface area contributed by atoms with Crippen LogP contribution in [-0.4, -0.2) is 18.4 Å². The average molecular weight is 451 g/mol. The Kier molecular flexibility index (Phi) is 6.84.